The van der Waals surface area contributed by atoms with Crippen LogP contribution in [-0.4, -0.2) is 34.8 Å². The smallest absolute Gasteiger partial charge is 0.254 e. The summed E-state index contributed by atoms with van der Waals surface area (Å²) in [5.41, 5.74) is 2.89. The maximum absolute atomic E-state index is 12.7. The van der Waals surface area contributed by atoms with Gasteiger partial charge in [-0.15, -0.1) is 12.4 Å². The number of aromatic nitrogens is 2. The maximum Gasteiger partial charge on any atom is 0.254 e. The normalized spacial score (nSPS) is 19.9. The van der Waals surface area contributed by atoms with Gasteiger partial charge < -0.3 is 10.6 Å². The summed E-state index contributed by atoms with van der Waals surface area (Å²) in [6, 6.07) is 10.5. The molecule has 1 saturated heterocycles. The molecule has 2 unspecified atom stereocenters. The lowest BCUT2D eigenvalue weighted by Gasteiger charge is -2.30. The van der Waals surface area contributed by atoms with Crippen LogP contribution < -0.4 is 10.6 Å². The second-order valence-electron chi connectivity index (χ2n) is 6.55. The third-order valence-corrected chi connectivity index (χ3v) is 4.81. The Kier molecular flexibility index (Phi) is 7.02. The first-order valence-corrected chi connectivity index (χ1v) is 8.79. The third-order valence-electron chi connectivity index (χ3n) is 4.81. The number of carbonyl (C=O) groups excluding carboxylic acids is 1. The van der Waals surface area contributed by atoms with Crippen LogP contribution in [-0.2, 0) is 13.0 Å². The topological polar surface area (TPSA) is 59.0 Å². The highest BCUT2D eigenvalue weighted by Gasteiger charge is 2.25. The number of piperidine rings is 1. The summed E-state index contributed by atoms with van der Waals surface area (Å²) in [7, 11) is 0. The minimum absolute atomic E-state index is 0. The van der Waals surface area contributed by atoms with Crippen molar-refractivity contribution in [2.45, 2.75) is 39.3 Å². The van der Waals surface area contributed by atoms with Crippen molar-refractivity contribution < 1.29 is 4.79 Å². The number of halogens is 1. The number of nitrogens with zero attached hydrogens (tertiary/aromatic N) is 2. The van der Waals surface area contributed by atoms with Crippen molar-refractivity contribution in [3.63, 3.8) is 0 Å². The van der Waals surface area contributed by atoms with Crippen LogP contribution in [0.3, 0.4) is 0 Å². The number of carbonyl (C=O) groups is 1. The number of benzene rings is 1. The average molecular weight is 363 g/mol. The Morgan fingerprint density at radius 3 is 2.80 bits per heavy atom. The average Bonchev–Trinajstić information content (AvgIpc) is 3.00. The Bertz CT molecular complexity index is 686. The van der Waals surface area contributed by atoms with Crippen molar-refractivity contribution in [2.24, 2.45) is 5.92 Å². The molecule has 25 heavy (non-hydrogen) atoms. The van der Waals surface area contributed by atoms with Gasteiger partial charge in [0.1, 0.15) is 0 Å². The molecule has 0 radical (unpaired) electrons. The highest BCUT2D eigenvalue weighted by atomic mass is 35.5. The Balaban J connectivity index is 0.00000225. The van der Waals surface area contributed by atoms with Crippen LogP contribution in [0.5, 0.6) is 0 Å². The van der Waals surface area contributed by atoms with Gasteiger partial charge in [-0.3, -0.25) is 9.48 Å². The molecule has 1 aromatic heterocycles. The quantitative estimate of drug-likeness (QED) is 0.859. The molecular formula is C19H27ClN4O. The molecule has 2 N–H and O–H groups in total. The lowest BCUT2D eigenvalue weighted by molar-refractivity contribution is 0.0913. The second-order valence-corrected chi connectivity index (χ2v) is 6.55. The fourth-order valence-electron chi connectivity index (χ4n) is 3.34. The van der Waals surface area contributed by atoms with Crippen LogP contribution >= 0.6 is 12.4 Å². The van der Waals surface area contributed by atoms with E-state index in [0.29, 0.717) is 18.0 Å². The number of hydrogen-bond donors (Lipinski definition) is 2. The van der Waals surface area contributed by atoms with Crippen molar-refractivity contribution in [1.82, 2.24) is 20.4 Å². The van der Waals surface area contributed by atoms with Gasteiger partial charge in [0.15, 0.2) is 0 Å². The van der Waals surface area contributed by atoms with E-state index >= 15 is 0 Å². The second kappa shape index (κ2) is 9.02. The molecule has 1 fully saturated rings. The third kappa shape index (κ3) is 4.61. The van der Waals surface area contributed by atoms with Gasteiger partial charge in [-0.1, -0.05) is 44.2 Å². The van der Waals surface area contributed by atoms with Crippen molar-refractivity contribution in [1.29, 1.82) is 0 Å². The van der Waals surface area contributed by atoms with E-state index in [1.165, 1.54) is 5.56 Å². The van der Waals surface area contributed by atoms with Crippen LogP contribution in [0.4, 0.5) is 0 Å². The zero-order chi connectivity index (χ0) is 16.9. The number of nitrogens with one attached hydrogen (secondary N) is 2. The number of hydrogen-bond acceptors (Lipinski definition) is 3. The van der Waals surface area contributed by atoms with E-state index in [0.717, 1.165) is 31.6 Å². The molecule has 2 heterocycles. The highest BCUT2D eigenvalue weighted by Crippen LogP contribution is 2.15. The van der Waals surface area contributed by atoms with Crippen molar-refractivity contribution in [2.75, 3.05) is 13.1 Å². The highest BCUT2D eigenvalue weighted by molar-refractivity contribution is 5.95. The SMILES string of the molecule is CCc1c(C(=O)NC2CCNCC2C)cnn1Cc1ccccc1.Cl. The van der Waals surface area contributed by atoms with Crippen LogP contribution in [0.25, 0.3) is 0 Å². The van der Waals surface area contributed by atoms with Crippen LogP contribution in [0, 0.1) is 5.92 Å². The van der Waals surface area contributed by atoms with E-state index in [9.17, 15) is 4.79 Å². The summed E-state index contributed by atoms with van der Waals surface area (Å²) in [5, 5.41) is 11.0. The van der Waals surface area contributed by atoms with Crippen LogP contribution in [0.2, 0.25) is 0 Å². The van der Waals surface area contributed by atoms with E-state index in [1.807, 2.05) is 22.9 Å². The summed E-state index contributed by atoms with van der Waals surface area (Å²) >= 11 is 0. The van der Waals surface area contributed by atoms with Crippen LogP contribution in [0.15, 0.2) is 36.5 Å². The van der Waals surface area contributed by atoms with Gasteiger partial charge in [0, 0.05) is 6.04 Å². The van der Waals surface area contributed by atoms with Crippen molar-refractivity contribution in [3.05, 3.63) is 53.3 Å². The van der Waals surface area contributed by atoms with Gasteiger partial charge in [0.05, 0.1) is 24.0 Å². The summed E-state index contributed by atoms with van der Waals surface area (Å²) in [6.07, 6.45) is 3.48. The van der Waals surface area contributed by atoms with Crippen molar-refractivity contribution >= 4 is 18.3 Å². The van der Waals surface area contributed by atoms with Gasteiger partial charge in [0.2, 0.25) is 0 Å². The minimum Gasteiger partial charge on any atom is -0.349 e. The first-order valence-electron chi connectivity index (χ1n) is 8.79. The predicted octanol–water partition coefficient (Wildman–Crippen LogP) is 2.64. The molecule has 3 rings (SSSR count). The molecule has 1 aliphatic heterocycles. The Hall–Kier alpha value is -1.85. The predicted molar refractivity (Wildman–Crippen MR) is 102 cm³/mol. The molecule has 0 aliphatic carbocycles. The number of amides is 1. The monoisotopic (exact) mass is 362 g/mol. The summed E-state index contributed by atoms with van der Waals surface area (Å²) in [4.78, 5) is 12.7. The van der Waals surface area contributed by atoms with Gasteiger partial charge in [-0.25, -0.2) is 0 Å². The molecule has 136 valence electrons. The molecule has 1 amide bonds. The first kappa shape index (κ1) is 19.5. The Morgan fingerprint density at radius 2 is 2.12 bits per heavy atom. The van der Waals surface area contributed by atoms with E-state index < -0.39 is 0 Å². The lowest BCUT2D eigenvalue weighted by Crippen LogP contribution is -2.48. The van der Waals surface area contributed by atoms with Gasteiger partial charge in [0.25, 0.3) is 5.91 Å². The zero-order valence-electron chi connectivity index (χ0n) is 14.9. The molecule has 6 heteroatoms. The molecule has 1 aliphatic rings. The van der Waals surface area contributed by atoms with Gasteiger partial charge in [-0.2, -0.15) is 5.10 Å². The summed E-state index contributed by atoms with van der Waals surface area (Å²) < 4.78 is 1.94. The van der Waals surface area contributed by atoms with Gasteiger partial charge in [-0.05, 0) is 37.4 Å². The Morgan fingerprint density at radius 1 is 1.36 bits per heavy atom. The standard InChI is InChI=1S/C19H26N4O.ClH/c1-3-18-16(19(24)22-17-9-10-20-11-14(17)2)12-21-23(18)13-15-7-5-4-6-8-15;/h4-8,12,14,17,20H,3,9-11,13H2,1-2H3,(H,22,24);1H. The van der Waals surface area contributed by atoms with Crippen LogP contribution in [0.1, 0.15) is 41.9 Å². The summed E-state index contributed by atoms with van der Waals surface area (Å²) in [6.45, 7) is 6.86. The first-order chi connectivity index (χ1) is 11.7. The van der Waals surface area contributed by atoms with Crippen molar-refractivity contribution in [3.8, 4) is 0 Å². The largest absolute Gasteiger partial charge is 0.349 e. The molecule has 1 aromatic carbocycles. The molecule has 0 spiro atoms. The molecule has 2 atom stereocenters. The summed E-state index contributed by atoms with van der Waals surface area (Å²) in [5.74, 6) is 0.456. The molecule has 5 nitrogen and oxygen atoms in total. The Labute approximate surface area is 155 Å². The maximum atomic E-state index is 12.7. The van der Waals surface area contributed by atoms with E-state index in [-0.39, 0.29) is 24.4 Å². The zero-order valence-corrected chi connectivity index (χ0v) is 15.7. The van der Waals surface area contributed by atoms with Gasteiger partial charge >= 0.3 is 0 Å². The fourth-order valence-corrected chi connectivity index (χ4v) is 3.34. The molecule has 0 saturated carbocycles. The van der Waals surface area contributed by atoms with E-state index in [1.54, 1.807) is 6.20 Å². The lowest BCUT2D eigenvalue weighted by atomic mass is 9.95. The molecule has 2 aromatic rings. The molecule has 0 bridgehead atoms. The van der Waals surface area contributed by atoms with E-state index in [2.05, 4.69) is 41.7 Å². The van der Waals surface area contributed by atoms with E-state index in [4.69, 9.17) is 0 Å². The molecular weight excluding hydrogens is 336 g/mol. The fraction of sp³-hybridized carbons (Fsp3) is 0.474. The minimum atomic E-state index is 0. The number of rotatable bonds is 5.